The van der Waals surface area contributed by atoms with Crippen LogP contribution in [0.2, 0.25) is 0 Å². The van der Waals surface area contributed by atoms with E-state index in [1.54, 1.807) is 24.3 Å². The molecule has 2 heterocycles. The molecule has 0 bridgehead atoms. The Labute approximate surface area is 166 Å². The van der Waals surface area contributed by atoms with Crippen LogP contribution < -0.4 is 10.1 Å². The summed E-state index contributed by atoms with van der Waals surface area (Å²) in [5.74, 6) is 0.226. The van der Waals surface area contributed by atoms with Gasteiger partial charge in [0.2, 0.25) is 15.9 Å². The van der Waals surface area contributed by atoms with E-state index in [2.05, 4.69) is 10.2 Å². The van der Waals surface area contributed by atoms with Crippen LogP contribution in [0.4, 0.5) is 0 Å². The van der Waals surface area contributed by atoms with Gasteiger partial charge in [0.15, 0.2) is 0 Å². The van der Waals surface area contributed by atoms with E-state index in [1.165, 1.54) is 11.4 Å². The van der Waals surface area contributed by atoms with Gasteiger partial charge in [0.05, 0.1) is 31.1 Å². The number of nitrogens with one attached hydrogen (secondary N) is 1. The lowest BCUT2D eigenvalue weighted by molar-refractivity contribution is -0.126. The van der Waals surface area contributed by atoms with Crippen LogP contribution in [0.15, 0.2) is 29.2 Å². The fraction of sp³-hybridized carbons (Fsp3) is 0.632. The molecule has 28 heavy (non-hydrogen) atoms. The molecule has 1 atom stereocenters. The van der Waals surface area contributed by atoms with Gasteiger partial charge >= 0.3 is 0 Å². The molecular formula is C19H29N3O5S. The number of carbonyl (C=O) groups excluding carboxylic acids is 1. The van der Waals surface area contributed by atoms with Gasteiger partial charge in [0.25, 0.3) is 0 Å². The van der Waals surface area contributed by atoms with Crippen LogP contribution in [-0.4, -0.2) is 83.1 Å². The van der Waals surface area contributed by atoms with Crippen LogP contribution in [0.1, 0.15) is 12.8 Å². The number of ether oxygens (including phenoxy) is 2. The van der Waals surface area contributed by atoms with Crippen molar-refractivity contribution in [2.45, 2.75) is 17.7 Å². The molecule has 3 rings (SSSR count). The van der Waals surface area contributed by atoms with Crippen molar-refractivity contribution in [3.63, 3.8) is 0 Å². The highest BCUT2D eigenvalue weighted by Crippen LogP contribution is 2.25. The maximum atomic E-state index is 12.9. The van der Waals surface area contributed by atoms with Gasteiger partial charge in [-0.05, 0) is 37.1 Å². The molecule has 2 fully saturated rings. The predicted octanol–water partition coefficient (Wildman–Crippen LogP) is 0.544. The number of hydrogen-bond acceptors (Lipinski definition) is 6. The monoisotopic (exact) mass is 411 g/mol. The summed E-state index contributed by atoms with van der Waals surface area (Å²) in [5, 5.41) is 2.97. The summed E-state index contributed by atoms with van der Waals surface area (Å²) in [7, 11) is -2.08. The number of methoxy groups -OCH3 is 1. The Kier molecular flexibility index (Phi) is 7.28. The smallest absolute Gasteiger partial charge is 0.243 e. The summed E-state index contributed by atoms with van der Waals surface area (Å²) in [4.78, 5) is 15.0. The number of hydrogen-bond donors (Lipinski definition) is 1. The molecule has 1 aromatic carbocycles. The van der Waals surface area contributed by atoms with E-state index < -0.39 is 10.0 Å². The minimum atomic E-state index is -3.62. The molecule has 8 nitrogen and oxygen atoms in total. The number of piperidine rings is 1. The molecule has 1 amide bonds. The molecular weight excluding hydrogens is 382 g/mol. The molecule has 0 aromatic heterocycles. The molecule has 156 valence electrons. The van der Waals surface area contributed by atoms with E-state index in [0.29, 0.717) is 31.7 Å². The van der Waals surface area contributed by atoms with Crippen molar-refractivity contribution >= 4 is 15.9 Å². The molecule has 0 aliphatic carbocycles. The largest absolute Gasteiger partial charge is 0.497 e. The summed E-state index contributed by atoms with van der Waals surface area (Å²) in [6, 6.07) is 6.35. The molecule has 9 heteroatoms. The maximum absolute atomic E-state index is 12.9. The SMILES string of the molecule is COc1ccc(S(=O)(=O)N2CCC[C@@H](C(=O)NCCN3CCOCC3)C2)cc1. The minimum absolute atomic E-state index is 0.0668. The van der Waals surface area contributed by atoms with Crippen LogP contribution in [0, 0.1) is 5.92 Å². The number of rotatable bonds is 7. The van der Waals surface area contributed by atoms with Crippen LogP contribution >= 0.6 is 0 Å². The van der Waals surface area contributed by atoms with Crippen molar-refractivity contribution in [1.82, 2.24) is 14.5 Å². The van der Waals surface area contributed by atoms with Gasteiger partial charge in [-0.15, -0.1) is 0 Å². The van der Waals surface area contributed by atoms with Crippen LogP contribution in [0.5, 0.6) is 5.75 Å². The Morgan fingerprint density at radius 2 is 1.93 bits per heavy atom. The summed E-state index contributed by atoms with van der Waals surface area (Å²) in [5.41, 5.74) is 0. The third kappa shape index (κ3) is 5.22. The van der Waals surface area contributed by atoms with Gasteiger partial charge in [-0.25, -0.2) is 8.42 Å². The Bertz CT molecular complexity index is 747. The van der Waals surface area contributed by atoms with E-state index in [4.69, 9.17) is 9.47 Å². The highest BCUT2D eigenvalue weighted by atomic mass is 32.2. The predicted molar refractivity (Wildman–Crippen MR) is 105 cm³/mol. The fourth-order valence-corrected chi connectivity index (χ4v) is 5.10. The number of sulfonamides is 1. The van der Waals surface area contributed by atoms with Crippen molar-refractivity contribution in [3.05, 3.63) is 24.3 Å². The molecule has 1 N–H and O–H groups in total. The van der Waals surface area contributed by atoms with E-state index >= 15 is 0 Å². The van der Waals surface area contributed by atoms with Crippen molar-refractivity contribution in [2.24, 2.45) is 5.92 Å². The maximum Gasteiger partial charge on any atom is 0.243 e. The second-order valence-corrected chi connectivity index (χ2v) is 9.06. The van der Waals surface area contributed by atoms with Gasteiger partial charge in [0, 0.05) is 39.3 Å². The Morgan fingerprint density at radius 1 is 1.21 bits per heavy atom. The molecule has 2 aliphatic heterocycles. The lowest BCUT2D eigenvalue weighted by Crippen LogP contribution is -2.47. The average Bonchev–Trinajstić information content (AvgIpc) is 2.74. The summed E-state index contributed by atoms with van der Waals surface area (Å²) in [6.07, 6.45) is 1.38. The summed E-state index contributed by atoms with van der Waals surface area (Å²) in [6.45, 7) is 5.24. The highest BCUT2D eigenvalue weighted by Gasteiger charge is 2.33. The standard InChI is InChI=1S/C19H29N3O5S/c1-26-17-4-6-18(7-5-17)28(24,25)22-9-2-3-16(15-22)19(23)20-8-10-21-11-13-27-14-12-21/h4-7,16H,2-3,8-15H2,1H3,(H,20,23)/t16-/m1/s1. The lowest BCUT2D eigenvalue weighted by atomic mass is 9.99. The first-order valence-electron chi connectivity index (χ1n) is 9.73. The molecule has 2 saturated heterocycles. The molecule has 0 radical (unpaired) electrons. The average molecular weight is 412 g/mol. The molecule has 0 spiro atoms. The first kappa shape index (κ1) is 21.0. The first-order chi connectivity index (χ1) is 13.5. The van der Waals surface area contributed by atoms with Gasteiger partial charge in [-0.1, -0.05) is 0 Å². The number of morpholine rings is 1. The summed E-state index contributed by atoms with van der Waals surface area (Å²) >= 11 is 0. The molecule has 0 unspecified atom stereocenters. The molecule has 0 saturated carbocycles. The van der Waals surface area contributed by atoms with Gasteiger partial charge in [-0.3, -0.25) is 9.69 Å². The number of benzene rings is 1. The highest BCUT2D eigenvalue weighted by molar-refractivity contribution is 7.89. The third-order valence-corrected chi connectivity index (χ3v) is 7.16. The zero-order valence-corrected chi connectivity index (χ0v) is 17.1. The quantitative estimate of drug-likeness (QED) is 0.705. The van der Waals surface area contributed by atoms with E-state index in [0.717, 1.165) is 32.8 Å². The van der Waals surface area contributed by atoms with Crippen molar-refractivity contribution in [2.75, 3.05) is 59.6 Å². The fourth-order valence-electron chi connectivity index (χ4n) is 3.58. The van der Waals surface area contributed by atoms with E-state index in [1.807, 2.05) is 0 Å². The zero-order valence-electron chi connectivity index (χ0n) is 16.3. The van der Waals surface area contributed by atoms with Crippen LogP contribution in [-0.2, 0) is 19.6 Å². The summed E-state index contributed by atoms with van der Waals surface area (Å²) < 4.78 is 37.6. The number of carbonyl (C=O) groups is 1. The Hall–Kier alpha value is -1.68. The second kappa shape index (κ2) is 9.69. The zero-order chi connectivity index (χ0) is 20.0. The van der Waals surface area contributed by atoms with Gasteiger partial charge in [0.1, 0.15) is 5.75 Å². The molecule has 1 aromatic rings. The Morgan fingerprint density at radius 3 is 2.61 bits per heavy atom. The van der Waals surface area contributed by atoms with Gasteiger partial charge < -0.3 is 14.8 Å². The number of amides is 1. The molecule has 2 aliphatic rings. The second-order valence-electron chi connectivity index (χ2n) is 7.12. The van der Waals surface area contributed by atoms with E-state index in [9.17, 15) is 13.2 Å². The van der Waals surface area contributed by atoms with Crippen molar-refractivity contribution < 1.29 is 22.7 Å². The normalized spacial score (nSPS) is 22.0. The first-order valence-corrected chi connectivity index (χ1v) is 11.2. The van der Waals surface area contributed by atoms with Crippen LogP contribution in [0.3, 0.4) is 0 Å². The van der Waals surface area contributed by atoms with Gasteiger partial charge in [-0.2, -0.15) is 4.31 Å². The van der Waals surface area contributed by atoms with E-state index in [-0.39, 0.29) is 23.3 Å². The van der Waals surface area contributed by atoms with Crippen molar-refractivity contribution in [3.8, 4) is 5.75 Å². The van der Waals surface area contributed by atoms with Crippen LogP contribution in [0.25, 0.3) is 0 Å². The lowest BCUT2D eigenvalue weighted by Gasteiger charge is -2.31. The Balaban J connectivity index is 1.54. The van der Waals surface area contributed by atoms with Crippen molar-refractivity contribution in [1.29, 1.82) is 0 Å². The minimum Gasteiger partial charge on any atom is -0.497 e. The number of nitrogens with zero attached hydrogens (tertiary/aromatic N) is 2. The topological polar surface area (TPSA) is 88.2 Å². The third-order valence-electron chi connectivity index (χ3n) is 5.28.